The molecular formula is C14H14N2O3. The van der Waals surface area contributed by atoms with E-state index in [1.165, 1.54) is 18.5 Å². The fourth-order valence-electron chi connectivity index (χ4n) is 1.75. The van der Waals surface area contributed by atoms with Gasteiger partial charge in [0.05, 0.1) is 12.6 Å². The second kappa shape index (κ2) is 5.97. The highest BCUT2D eigenvalue weighted by atomic mass is 16.3. The molecule has 0 aliphatic rings. The number of aliphatic hydroxyl groups excluding tert-OH is 1. The molecule has 1 aromatic heterocycles. The summed E-state index contributed by atoms with van der Waals surface area (Å²) in [6.07, 6.45) is 2.80. The monoisotopic (exact) mass is 258 g/mol. The van der Waals surface area contributed by atoms with Gasteiger partial charge in [-0.1, -0.05) is 30.3 Å². The van der Waals surface area contributed by atoms with E-state index < -0.39 is 11.9 Å². The summed E-state index contributed by atoms with van der Waals surface area (Å²) in [5.41, 5.74) is 0.448. The Morgan fingerprint density at radius 1 is 1.26 bits per heavy atom. The lowest BCUT2D eigenvalue weighted by atomic mass is 10.1. The minimum atomic E-state index is -0.534. The van der Waals surface area contributed by atoms with Gasteiger partial charge >= 0.3 is 0 Å². The molecule has 0 radical (unpaired) electrons. The Morgan fingerprint density at radius 3 is 2.63 bits per heavy atom. The summed E-state index contributed by atoms with van der Waals surface area (Å²) in [5, 5.41) is 12.0. The molecular weight excluding hydrogens is 244 g/mol. The van der Waals surface area contributed by atoms with Crippen LogP contribution < -0.4 is 10.7 Å². The van der Waals surface area contributed by atoms with Crippen LogP contribution in [-0.2, 0) is 0 Å². The molecule has 19 heavy (non-hydrogen) atoms. The van der Waals surface area contributed by atoms with Gasteiger partial charge < -0.3 is 15.4 Å². The Hall–Kier alpha value is -2.40. The summed E-state index contributed by atoms with van der Waals surface area (Å²) in [7, 11) is 0. The number of amides is 1. The van der Waals surface area contributed by atoms with Crippen LogP contribution in [0.2, 0.25) is 0 Å². The van der Waals surface area contributed by atoms with E-state index in [0.717, 1.165) is 5.56 Å². The molecule has 0 unspecified atom stereocenters. The van der Waals surface area contributed by atoms with Gasteiger partial charge in [0, 0.05) is 18.5 Å². The van der Waals surface area contributed by atoms with Crippen molar-refractivity contribution in [1.29, 1.82) is 0 Å². The van der Waals surface area contributed by atoms with Gasteiger partial charge in [0.2, 0.25) is 0 Å². The van der Waals surface area contributed by atoms with Gasteiger partial charge in [-0.25, -0.2) is 0 Å². The van der Waals surface area contributed by atoms with Crippen molar-refractivity contribution in [3.05, 3.63) is 70.1 Å². The molecule has 0 bridgehead atoms. The average molecular weight is 258 g/mol. The van der Waals surface area contributed by atoms with E-state index in [0.29, 0.717) is 0 Å². The lowest BCUT2D eigenvalue weighted by Crippen LogP contribution is -2.33. The zero-order chi connectivity index (χ0) is 13.7. The number of aliphatic hydroxyl groups is 1. The smallest absolute Gasteiger partial charge is 0.257 e. The molecule has 5 nitrogen and oxygen atoms in total. The zero-order valence-corrected chi connectivity index (χ0v) is 10.2. The number of aromatic amines is 1. The number of H-pyrrole nitrogens is 1. The number of carbonyl (C=O) groups excluding carboxylic acids is 1. The minimum Gasteiger partial charge on any atom is -0.394 e. The molecule has 0 aliphatic carbocycles. The third-order valence-electron chi connectivity index (χ3n) is 2.76. The Bertz CT molecular complexity index is 607. The normalized spacial score (nSPS) is 11.8. The summed E-state index contributed by atoms with van der Waals surface area (Å²) in [4.78, 5) is 26.2. The van der Waals surface area contributed by atoms with E-state index in [9.17, 15) is 14.7 Å². The SMILES string of the molecule is O=C(N[C@H](CO)c1ccccc1)c1c[nH]ccc1=O. The summed E-state index contributed by atoms with van der Waals surface area (Å²) in [6.45, 7) is -0.236. The highest BCUT2D eigenvalue weighted by Crippen LogP contribution is 2.11. The maximum absolute atomic E-state index is 12.0. The minimum absolute atomic E-state index is 0.0249. The molecule has 0 saturated heterocycles. The Balaban J connectivity index is 2.18. The highest BCUT2D eigenvalue weighted by Gasteiger charge is 2.16. The van der Waals surface area contributed by atoms with Crippen LogP contribution in [0.25, 0.3) is 0 Å². The van der Waals surface area contributed by atoms with E-state index in [2.05, 4.69) is 10.3 Å². The molecule has 3 N–H and O–H groups in total. The number of carbonyl (C=O) groups is 1. The third-order valence-corrected chi connectivity index (χ3v) is 2.76. The lowest BCUT2D eigenvalue weighted by Gasteiger charge is -2.16. The van der Waals surface area contributed by atoms with Gasteiger partial charge in [0.25, 0.3) is 5.91 Å². The molecule has 0 fully saturated rings. The van der Waals surface area contributed by atoms with Gasteiger partial charge in [-0.15, -0.1) is 0 Å². The first-order chi connectivity index (χ1) is 9.22. The predicted octanol–water partition coefficient (Wildman–Crippen LogP) is 0.838. The standard InChI is InChI=1S/C14H14N2O3/c17-9-12(10-4-2-1-3-5-10)16-14(19)11-8-15-7-6-13(11)18/h1-8,12,17H,9H2,(H,15,18)(H,16,19)/t12-/m1/s1. The quantitative estimate of drug-likeness (QED) is 0.760. The molecule has 0 spiro atoms. The second-order valence-electron chi connectivity index (χ2n) is 4.04. The molecule has 1 atom stereocenters. The first-order valence-electron chi connectivity index (χ1n) is 5.86. The Labute approximate surface area is 109 Å². The largest absolute Gasteiger partial charge is 0.394 e. The van der Waals surface area contributed by atoms with Crippen molar-refractivity contribution < 1.29 is 9.90 Å². The molecule has 0 aliphatic heterocycles. The van der Waals surface area contributed by atoms with Crippen LogP contribution in [0, 0.1) is 0 Å². The van der Waals surface area contributed by atoms with Crippen molar-refractivity contribution in [2.75, 3.05) is 6.61 Å². The van der Waals surface area contributed by atoms with Crippen molar-refractivity contribution in [1.82, 2.24) is 10.3 Å². The van der Waals surface area contributed by atoms with E-state index in [1.807, 2.05) is 18.2 Å². The maximum Gasteiger partial charge on any atom is 0.257 e. The number of rotatable bonds is 4. The molecule has 1 aromatic carbocycles. The lowest BCUT2D eigenvalue weighted by molar-refractivity contribution is 0.0914. The molecule has 1 amide bonds. The Morgan fingerprint density at radius 2 is 2.00 bits per heavy atom. The van der Waals surface area contributed by atoms with Crippen molar-refractivity contribution in [2.24, 2.45) is 0 Å². The molecule has 1 heterocycles. The van der Waals surface area contributed by atoms with Crippen LogP contribution in [0.4, 0.5) is 0 Å². The highest BCUT2D eigenvalue weighted by molar-refractivity contribution is 5.94. The van der Waals surface area contributed by atoms with E-state index in [4.69, 9.17) is 0 Å². The predicted molar refractivity (Wildman–Crippen MR) is 70.8 cm³/mol. The van der Waals surface area contributed by atoms with Crippen LogP contribution in [0.3, 0.4) is 0 Å². The van der Waals surface area contributed by atoms with Crippen LogP contribution in [-0.4, -0.2) is 22.6 Å². The Kier molecular flexibility index (Phi) is 4.10. The van der Waals surface area contributed by atoms with Gasteiger partial charge in [-0.05, 0) is 5.56 Å². The molecule has 5 heteroatoms. The number of benzene rings is 1. The van der Waals surface area contributed by atoms with E-state index in [1.54, 1.807) is 12.1 Å². The first-order valence-corrected chi connectivity index (χ1v) is 5.86. The van der Waals surface area contributed by atoms with Crippen LogP contribution in [0.15, 0.2) is 53.6 Å². The van der Waals surface area contributed by atoms with Crippen LogP contribution in [0.5, 0.6) is 0 Å². The van der Waals surface area contributed by atoms with Crippen molar-refractivity contribution in [3.8, 4) is 0 Å². The third kappa shape index (κ3) is 3.08. The van der Waals surface area contributed by atoms with Gasteiger partial charge in [-0.2, -0.15) is 0 Å². The van der Waals surface area contributed by atoms with Gasteiger partial charge in [0.15, 0.2) is 5.43 Å². The number of nitrogens with one attached hydrogen (secondary N) is 2. The number of hydrogen-bond donors (Lipinski definition) is 3. The van der Waals surface area contributed by atoms with E-state index >= 15 is 0 Å². The summed E-state index contributed by atoms with van der Waals surface area (Å²) < 4.78 is 0. The molecule has 2 aromatic rings. The second-order valence-corrected chi connectivity index (χ2v) is 4.04. The fraction of sp³-hybridized carbons (Fsp3) is 0.143. The fourth-order valence-corrected chi connectivity index (χ4v) is 1.75. The summed E-state index contributed by atoms with van der Waals surface area (Å²) in [5.74, 6) is -0.509. The summed E-state index contributed by atoms with van der Waals surface area (Å²) >= 11 is 0. The molecule has 2 rings (SSSR count). The van der Waals surface area contributed by atoms with Gasteiger partial charge in [-0.3, -0.25) is 9.59 Å². The van der Waals surface area contributed by atoms with Crippen molar-refractivity contribution >= 4 is 5.91 Å². The zero-order valence-electron chi connectivity index (χ0n) is 10.2. The topological polar surface area (TPSA) is 82.2 Å². The summed E-state index contributed by atoms with van der Waals surface area (Å²) in [6, 6.07) is 9.84. The van der Waals surface area contributed by atoms with Crippen LogP contribution >= 0.6 is 0 Å². The number of aromatic nitrogens is 1. The number of pyridine rings is 1. The van der Waals surface area contributed by atoms with Crippen LogP contribution in [0.1, 0.15) is 22.0 Å². The average Bonchev–Trinajstić information content (AvgIpc) is 2.46. The van der Waals surface area contributed by atoms with Gasteiger partial charge in [0.1, 0.15) is 5.56 Å². The maximum atomic E-state index is 12.0. The first kappa shape index (κ1) is 13.0. The molecule has 98 valence electrons. The van der Waals surface area contributed by atoms with E-state index in [-0.39, 0.29) is 17.6 Å². The van der Waals surface area contributed by atoms with Crippen molar-refractivity contribution in [3.63, 3.8) is 0 Å². The number of hydrogen-bond acceptors (Lipinski definition) is 3. The van der Waals surface area contributed by atoms with Crippen molar-refractivity contribution in [2.45, 2.75) is 6.04 Å². The molecule has 0 saturated carbocycles.